The van der Waals surface area contributed by atoms with Crippen molar-refractivity contribution in [3.05, 3.63) is 83.5 Å². The summed E-state index contributed by atoms with van der Waals surface area (Å²) in [6.07, 6.45) is 1.98. The van der Waals surface area contributed by atoms with Gasteiger partial charge < -0.3 is 10.2 Å². The van der Waals surface area contributed by atoms with Gasteiger partial charge in [0.1, 0.15) is 5.82 Å². The first kappa shape index (κ1) is 18.0. The molecule has 1 aromatic heterocycles. The van der Waals surface area contributed by atoms with E-state index in [1.54, 1.807) is 18.3 Å². The van der Waals surface area contributed by atoms with Gasteiger partial charge in [0.25, 0.3) is 0 Å². The molecule has 0 radical (unpaired) electrons. The van der Waals surface area contributed by atoms with Crippen LogP contribution in [0.1, 0.15) is 12.5 Å². The third kappa shape index (κ3) is 4.61. The van der Waals surface area contributed by atoms with E-state index in [0.717, 1.165) is 23.6 Å². The Morgan fingerprint density at radius 3 is 2.38 bits per heavy atom. The molecule has 0 fully saturated rings. The molecule has 0 atom stereocenters. The van der Waals surface area contributed by atoms with Crippen LogP contribution in [0.5, 0.6) is 0 Å². The molecule has 0 spiro atoms. The van der Waals surface area contributed by atoms with Crippen molar-refractivity contribution < 1.29 is 4.79 Å². The second-order valence-corrected chi connectivity index (χ2v) is 6.27. The number of halogens is 1. The van der Waals surface area contributed by atoms with Crippen molar-refractivity contribution in [2.24, 2.45) is 0 Å². The monoisotopic (exact) mass is 365 g/mol. The second-order valence-electron chi connectivity index (χ2n) is 5.84. The Bertz CT molecular complexity index is 849. The zero-order chi connectivity index (χ0) is 18.4. The van der Waals surface area contributed by atoms with Crippen LogP contribution in [-0.4, -0.2) is 17.4 Å². The van der Waals surface area contributed by atoms with Crippen molar-refractivity contribution >= 4 is 34.7 Å². The van der Waals surface area contributed by atoms with Crippen LogP contribution in [0.3, 0.4) is 0 Å². The quantitative estimate of drug-likeness (QED) is 0.663. The number of anilines is 3. The van der Waals surface area contributed by atoms with Crippen LogP contribution in [-0.2, 0) is 11.2 Å². The van der Waals surface area contributed by atoms with Crippen LogP contribution < -0.4 is 10.2 Å². The minimum atomic E-state index is -0.0859. The number of aromatic nitrogens is 1. The maximum Gasteiger partial charge on any atom is 0.228 e. The normalized spacial score (nSPS) is 10.4. The lowest BCUT2D eigenvalue weighted by Crippen LogP contribution is -2.18. The van der Waals surface area contributed by atoms with E-state index >= 15 is 0 Å². The van der Waals surface area contributed by atoms with Gasteiger partial charge in [-0.05, 0) is 48.9 Å². The molecule has 3 aromatic rings. The maximum absolute atomic E-state index is 12.2. The molecule has 0 saturated carbocycles. The van der Waals surface area contributed by atoms with Crippen molar-refractivity contribution in [3.63, 3.8) is 0 Å². The molecule has 1 N–H and O–H groups in total. The Hall–Kier alpha value is -2.85. The molecule has 0 bridgehead atoms. The van der Waals surface area contributed by atoms with E-state index in [-0.39, 0.29) is 5.91 Å². The first-order chi connectivity index (χ1) is 12.7. The zero-order valence-electron chi connectivity index (χ0n) is 14.5. The Morgan fingerprint density at radius 1 is 1.04 bits per heavy atom. The second kappa shape index (κ2) is 8.50. The number of rotatable bonds is 6. The van der Waals surface area contributed by atoms with Crippen molar-refractivity contribution in [1.29, 1.82) is 0 Å². The summed E-state index contributed by atoms with van der Waals surface area (Å²) >= 11 is 5.86. The molecule has 0 aliphatic carbocycles. The predicted octanol–water partition coefficient (Wildman–Crippen LogP) is 5.07. The fourth-order valence-corrected chi connectivity index (χ4v) is 2.82. The first-order valence-corrected chi connectivity index (χ1v) is 8.86. The SMILES string of the molecule is CCN(c1ccccc1)c1ccc(NC(=O)Cc2ccc(Cl)cc2)cn1. The fraction of sp³-hybridized carbons (Fsp3) is 0.143. The Balaban J connectivity index is 1.65. The van der Waals surface area contributed by atoms with Crippen LogP contribution in [0.2, 0.25) is 5.02 Å². The number of nitrogens with one attached hydrogen (secondary N) is 1. The number of benzene rings is 2. The molecule has 5 heteroatoms. The minimum absolute atomic E-state index is 0.0859. The number of pyridine rings is 1. The van der Waals surface area contributed by atoms with Crippen molar-refractivity contribution in [3.8, 4) is 0 Å². The van der Waals surface area contributed by atoms with Crippen LogP contribution in [0.25, 0.3) is 0 Å². The molecule has 0 unspecified atom stereocenters. The Labute approximate surface area is 158 Å². The maximum atomic E-state index is 12.2. The highest BCUT2D eigenvalue weighted by Gasteiger charge is 2.09. The molecule has 4 nitrogen and oxygen atoms in total. The smallest absolute Gasteiger partial charge is 0.228 e. The van der Waals surface area contributed by atoms with Crippen LogP contribution >= 0.6 is 11.6 Å². The van der Waals surface area contributed by atoms with Crippen LogP contribution in [0.15, 0.2) is 72.9 Å². The molecule has 1 heterocycles. The van der Waals surface area contributed by atoms with Crippen LogP contribution in [0.4, 0.5) is 17.2 Å². The molecular formula is C21H20ClN3O. The number of carbonyl (C=O) groups is 1. The van der Waals surface area contributed by atoms with Gasteiger partial charge in [-0.3, -0.25) is 4.79 Å². The average molecular weight is 366 g/mol. The van der Waals surface area contributed by atoms with Crippen molar-refractivity contribution in [1.82, 2.24) is 4.98 Å². The zero-order valence-corrected chi connectivity index (χ0v) is 15.3. The third-order valence-electron chi connectivity index (χ3n) is 3.97. The van der Waals surface area contributed by atoms with Gasteiger partial charge in [0, 0.05) is 17.3 Å². The molecular weight excluding hydrogens is 346 g/mol. The van der Waals surface area contributed by atoms with Gasteiger partial charge in [-0.25, -0.2) is 4.98 Å². The Morgan fingerprint density at radius 2 is 1.77 bits per heavy atom. The highest BCUT2D eigenvalue weighted by atomic mass is 35.5. The number of hydrogen-bond donors (Lipinski definition) is 1. The molecule has 132 valence electrons. The van der Waals surface area contributed by atoms with Crippen LogP contribution in [0, 0.1) is 0 Å². The lowest BCUT2D eigenvalue weighted by molar-refractivity contribution is -0.115. The lowest BCUT2D eigenvalue weighted by Gasteiger charge is -2.22. The fourth-order valence-electron chi connectivity index (χ4n) is 2.70. The number of carbonyl (C=O) groups excluding carboxylic acids is 1. The van der Waals surface area contributed by atoms with E-state index in [1.807, 2.05) is 54.6 Å². The van der Waals surface area contributed by atoms with E-state index in [9.17, 15) is 4.79 Å². The van der Waals surface area contributed by atoms with Crippen molar-refractivity contribution in [2.75, 3.05) is 16.8 Å². The highest BCUT2D eigenvalue weighted by Crippen LogP contribution is 2.23. The molecule has 1 amide bonds. The van der Waals surface area contributed by atoms with E-state index in [4.69, 9.17) is 11.6 Å². The number of nitrogens with zero attached hydrogens (tertiary/aromatic N) is 2. The summed E-state index contributed by atoms with van der Waals surface area (Å²) in [5.74, 6) is 0.756. The molecule has 3 rings (SSSR count). The Kier molecular flexibility index (Phi) is 5.87. The number of para-hydroxylation sites is 1. The number of hydrogen-bond acceptors (Lipinski definition) is 3. The van der Waals surface area contributed by atoms with Gasteiger partial charge in [-0.2, -0.15) is 0 Å². The van der Waals surface area contributed by atoms with Crippen molar-refractivity contribution in [2.45, 2.75) is 13.3 Å². The largest absolute Gasteiger partial charge is 0.327 e. The van der Waals surface area contributed by atoms with Gasteiger partial charge in [0.05, 0.1) is 18.3 Å². The summed E-state index contributed by atoms with van der Waals surface area (Å²) in [7, 11) is 0. The lowest BCUT2D eigenvalue weighted by atomic mass is 10.1. The molecule has 0 aliphatic heterocycles. The standard InChI is InChI=1S/C21H20ClN3O/c1-2-25(19-6-4-3-5-7-19)20-13-12-18(15-23-20)24-21(26)14-16-8-10-17(22)11-9-16/h3-13,15H,2,14H2,1H3,(H,24,26). The summed E-state index contributed by atoms with van der Waals surface area (Å²) in [4.78, 5) is 18.8. The summed E-state index contributed by atoms with van der Waals surface area (Å²) in [6, 6.07) is 21.1. The number of amides is 1. The van der Waals surface area contributed by atoms with E-state index in [1.165, 1.54) is 0 Å². The van der Waals surface area contributed by atoms with Gasteiger partial charge in [-0.1, -0.05) is 41.9 Å². The van der Waals surface area contributed by atoms with Gasteiger partial charge >= 0.3 is 0 Å². The third-order valence-corrected chi connectivity index (χ3v) is 4.22. The van der Waals surface area contributed by atoms with Gasteiger partial charge in [0.15, 0.2) is 0 Å². The summed E-state index contributed by atoms with van der Waals surface area (Å²) < 4.78 is 0. The molecule has 2 aromatic carbocycles. The van der Waals surface area contributed by atoms with E-state index < -0.39 is 0 Å². The molecule has 26 heavy (non-hydrogen) atoms. The summed E-state index contributed by atoms with van der Waals surface area (Å²) in [5.41, 5.74) is 2.68. The predicted molar refractivity (Wildman–Crippen MR) is 107 cm³/mol. The minimum Gasteiger partial charge on any atom is -0.327 e. The molecule has 0 saturated heterocycles. The first-order valence-electron chi connectivity index (χ1n) is 8.48. The van der Waals surface area contributed by atoms with Gasteiger partial charge in [0.2, 0.25) is 5.91 Å². The van der Waals surface area contributed by atoms with Gasteiger partial charge in [-0.15, -0.1) is 0 Å². The summed E-state index contributed by atoms with van der Waals surface area (Å²) in [5, 5.41) is 3.54. The van der Waals surface area contributed by atoms with E-state index in [2.05, 4.69) is 22.1 Å². The summed E-state index contributed by atoms with van der Waals surface area (Å²) in [6.45, 7) is 2.88. The average Bonchev–Trinajstić information content (AvgIpc) is 2.66. The molecule has 0 aliphatic rings. The topological polar surface area (TPSA) is 45.2 Å². The van der Waals surface area contributed by atoms with E-state index in [0.29, 0.717) is 17.1 Å². The highest BCUT2D eigenvalue weighted by molar-refractivity contribution is 6.30.